The number of aliphatic hydroxyl groups excluding tert-OH is 3. The van der Waals surface area contributed by atoms with Gasteiger partial charge in [0.2, 0.25) is 0 Å². The predicted octanol–water partition coefficient (Wildman–Crippen LogP) is 0.340. The molecule has 0 bridgehead atoms. The summed E-state index contributed by atoms with van der Waals surface area (Å²) in [6.07, 6.45) is -0.0893. The van der Waals surface area contributed by atoms with Crippen LogP contribution in [0.25, 0.3) is 11.2 Å². The molecular formula is C18H23N5O4. The van der Waals surface area contributed by atoms with Gasteiger partial charge in [-0.2, -0.15) is 0 Å². The van der Waals surface area contributed by atoms with Gasteiger partial charge < -0.3 is 25.4 Å². The summed E-state index contributed by atoms with van der Waals surface area (Å²) >= 11 is 0. The van der Waals surface area contributed by atoms with Gasteiger partial charge in [0.25, 0.3) is 0 Å². The Morgan fingerprint density at radius 2 is 1.93 bits per heavy atom. The molecule has 3 rings (SSSR count). The van der Waals surface area contributed by atoms with Gasteiger partial charge in [0, 0.05) is 13.7 Å². The van der Waals surface area contributed by atoms with E-state index in [0.29, 0.717) is 23.5 Å². The maximum atomic E-state index is 10.4. The van der Waals surface area contributed by atoms with E-state index in [-0.39, 0.29) is 0 Å². The zero-order chi connectivity index (χ0) is 19.2. The third-order valence-corrected chi connectivity index (χ3v) is 4.36. The molecule has 4 N–H and O–H groups in total. The van der Waals surface area contributed by atoms with E-state index in [4.69, 9.17) is 4.74 Å². The van der Waals surface area contributed by atoms with Crippen LogP contribution in [0.5, 0.6) is 0 Å². The maximum Gasteiger partial charge on any atom is 0.167 e. The number of methoxy groups -OCH3 is 1. The number of aromatic nitrogens is 4. The van der Waals surface area contributed by atoms with Gasteiger partial charge in [-0.15, -0.1) is 0 Å². The van der Waals surface area contributed by atoms with Gasteiger partial charge in [0.1, 0.15) is 18.5 Å². The van der Waals surface area contributed by atoms with E-state index in [0.717, 1.165) is 6.42 Å². The summed E-state index contributed by atoms with van der Waals surface area (Å²) in [6.45, 7) is 0.229. The molecule has 0 saturated heterocycles. The monoisotopic (exact) mass is 373 g/mol. The molecule has 9 heteroatoms. The molecule has 0 radical (unpaired) electrons. The predicted molar refractivity (Wildman–Crippen MR) is 99.1 cm³/mol. The number of benzene rings is 1. The van der Waals surface area contributed by atoms with E-state index in [2.05, 4.69) is 32.4 Å². The van der Waals surface area contributed by atoms with Crippen molar-refractivity contribution in [3.05, 3.63) is 48.5 Å². The van der Waals surface area contributed by atoms with Crippen LogP contribution in [0.4, 0.5) is 5.82 Å². The van der Waals surface area contributed by atoms with Crippen LogP contribution in [0.1, 0.15) is 11.8 Å². The van der Waals surface area contributed by atoms with Gasteiger partial charge in [0.05, 0.1) is 12.9 Å². The van der Waals surface area contributed by atoms with Crippen LogP contribution in [0.15, 0.2) is 43.0 Å². The zero-order valence-electron chi connectivity index (χ0n) is 14.9. The van der Waals surface area contributed by atoms with Crippen molar-refractivity contribution >= 4 is 17.0 Å². The molecule has 2 aromatic heterocycles. The molecule has 0 fully saturated rings. The van der Waals surface area contributed by atoms with Crippen LogP contribution < -0.4 is 5.32 Å². The first-order chi connectivity index (χ1) is 13.2. The number of ether oxygens (including phenoxy) is 1. The molecule has 27 heavy (non-hydrogen) atoms. The normalized spacial score (nSPS) is 14.8. The van der Waals surface area contributed by atoms with Crippen LogP contribution in [0.3, 0.4) is 0 Å². The summed E-state index contributed by atoms with van der Waals surface area (Å²) in [7, 11) is 1.35. The zero-order valence-corrected chi connectivity index (χ0v) is 14.9. The molecule has 0 aliphatic carbocycles. The molecule has 0 aliphatic heterocycles. The van der Waals surface area contributed by atoms with E-state index in [1.807, 2.05) is 18.2 Å². The Labute approximate surface area is 156 Å². The Morgan fingerprint density at radius 1 is 1.15 bits per heavy atom. The van der Waals surface area contributed by atoms with E-state index < -0.39 is 25.0 Å². The van der Waals surface area contributed by atoms with Crippen molar-refractivity contribution in [3.8, 4) is 0 Å². The highest BCUT2D eigenvalue weighted by atomic mass is 16.5. The molecule has 1 aromatic carbocycles. The number of aliphatic hydroxyl groups is 3. The molecule has 0 saturated carbocycles. The lowest BCUT2D eigenvalue weighted by molar-refractivity contribution is -0.116. The minimum absolute atomic E-state index is 0.367. The fraction of sp³-hybridized carbons (Fsp3) is 0.389. The number of hydrogen-bond donors (Lipinski definition) is 4. The van der Waals surface area contributed by atoms with Gasteiger partial charge in [-0.3, -0.25) is 4.57 Å². The minimum atomic E-state index is -1.38. The van der Waals surface area contributed by atoms with Crippen LogP contribution in [-0.2, 0) is 11.2 Å². The van der Waals surface area contributed by atoms with E-state index in [1.54, 1.807) is 0 Å². The standard InChI is InChI=1S/C18H23N5O4/c1-27-13(9-24)15(25)18(26)23-11-22-14-16(20-10-21-17(14)23)19-8-7-12-5-3-2-4-6-12/h2-6,10-11,13,15,18,24-26H,7-9H2,1H3,(H,19,20,21). The van der Waals surface area contributed by atoms with Crippen molar-refractivity contribution in [1.29, 1.82) is 0 Å². The van der Waals surface area contributed by atoms with E-state index in [9.17, 15) is 15.3 Å². The van der Waals surface area contributed by atoms with Gasteiger partial charge in [-0.1, -0.05) is 30.3 Å². The topological polar surface area (TPSA) is 126 Å². The third kappa shape index (κ3) is 4.22. The number of imidazole rings is 1. The number of anilines is 1. The molecule has 0 amide bonds. The summed E-state index contributed by atoms with van der Waals surface area (Å²) in [6, 6.07) is 10.1. The van der Waals surface area contributed by atoms with Crippen molar-refractivity contribution in [2.45, 2.75) is 24.9 Å². The Kier molecular flexibility index (Phi) is 6.30. The number of nitrogens with one attached hydrogen (secondary N) is 1. The van der Waals surface area contributed by atoms with Crippen molar-refractivity contribution in [3.63, 3.8) is 0 Å². The summed E-state index contributed by atoms with van der Waals surface area (Å²) in [5, 5.41) is 33.1. The lowest BCUT2D eigenvalue weighted by Crippen LogP contribution is -2.38. The molecule has 0 spiro atoms. The Hall–Kier alpha value is -2.59. The third-order valence-electron chi connectivity index (χ3n) is 4.36. The SMILES string of the molecule is COC(CO)C(O)C(O)n1cnc2c(NCCc3ccccc3)ncnc21. The molecule has 9 nitrogen and oxygen atoms in total. The maximum absolute atomic E-state index is 10.4. The average molecular weight is 373 g/mol. The van der Waals surface area contributed by atoms with Crippen LogP contribution in [0.2, 0.25) is 0 Å². The smallest absolute Gasteiger partial charge is 0.167 e. The fourth-order valence-electron chi connectivity index (χ4n) is 2.82. The summed E-state index contributed by atoms with van der Waals surface area (Å²) < 4.78 is 6.30. The number of nitrogens with zero attached hydrogens (tertiary/aromatic N) is 4. The van der Waals surface area contributed by atoms with E-state index in [1.165, 1.54) is 29.9 Å². The Bertz CT molecular complexity index is 853. The van der Waals surface area contributed by atoms with Gasteiger partial charge in [-0.25, -0.2) is 15.0 Å². The van der Waals surface area contributed by atoms with Crippen molar-refractivity contribution in [2.24, 2.45) is 0 Å². The highest BCUT2D eigenvalue weighted by Gasteiger charge is 2.28. The second-order valence-electron chi connectivity index (χ2n) is 6.07. The first kappa shape index (κ1) is 19.2. The molecule has 2 heterocycles. The molecule has 144 valence electrons. The highest BCUT2D eigenvalue weighted by molar-refractivity contribution is 5.82. The molecular weight excluding hydrogens is 350 g/mol. The van der Waals surface area contributed by atoms with Gasteiger partial charge >= 0.3 is 0 Å². The molecule has 3 unspecified atom stereocenters. The summed E-state index contributed by atoms with van der Waals surface area (Å²) in [5.41, 5.74) is 2.05. The quantitative estimate of drug-likeness (QED) is 0.423. The second-order valence-corrected chi connectivity index (χ2v) is 6.07. The largest absolute Gasteiger partial charge is 0.394 e. The number of rotatable bonds is 9. The Balaban J connectivity index is 1.76. The fourth-order valence-corrected chi connectivity index (χ4v) is 2.82. The molecule has 3 aromatic rings. The molecule has 0 aliphatic rings. The van der Waals surface area contributed by atoms with Crippen LogP contribution >= 0.6 is 0 Å². The number of hydrogen-bond acceptors (Lipinski definition) is 8. The summed E-state index contributed by atoms with van der Waals surface area (Å²) in [5.74, 6) is 0.543. The van der Waals surface area contributed by atoms with Crippen LogP contribution in [0, 0.1) is 0 Å². The van der Waals surface area contributed by atoms with Gasteiger partial charge in [-0.05, 0) is 12.0 Å². The van der Waals surface area contributed by atoms with Crippen molar-refractivity contribution < 1.29 is 20.1 Å². The average Bonchev–Trinajstić information content (AvgIpc) is 3.14. The second kappa shape index (κ2) is 8.87. The van der Waals surface area contributed by atoms with Gasteiger partial charge in [0.15, 0.2) is 23.2 Å². The minimum Gasteiger partial charge on any atom is -0.394 e. The van der Waals surface area contributed by atoms with Crippen LogP contribution in [-0.4, -0.2) is 67.3 Å². The lowest BCUT2D eigenvalue weighted by atomic mass is 10.1. The van der Waals surface area contributed by atoms with Crippen molar-refractivity contribution in [1.82, 2.24) is 19.5 Å². The number of fused-ring (bicyclic) bond motifs is 1. The lowest BCUT2D eigenvalue weighted by Gasteiger charge is -2.25. The van der Waals surface area contributed by atoms with E-state index >= 15 is 0 Å². The first-order valence-corrected chi connectivity index (χ1v) is 8.60. The Morgan fingerprint density at radius 3 is 2.63 bits per heavy atom. The highest BCUT2D eigenvalue weighted by Crippen LogP contribution is 2.22. The molecule has 3 atom stereocenters. The first-order valence-electron chi connectivity index (χ1n) is 8.60. The summed E-state index contributed by atoms with van der Waals surface area (Å²) in [4.78, 5) is 12.6. The van der Waals surface area contributed by atoms with Crippen molar-refractivity contribution in [2.75, 3.05) is 25.6 Å².